The van der Waals surface area contributed by atoms with Crippen LogP contribution in [-0.4, -0.2) is 22.5 Å². The highest BCUT2D eigenvalue weighted by Crippen LogP contribution is 2.37. The summed E-state index contributed by atoms with van der Waals surface area (Å²) in [6.07, 6.45) is 2.08. The minimum Gasteiger partial charge on any atom is -0.490 e. The largest absolute Gasteiger partial charge is 0.490 e. The Balaban J connectivity index is 1.67. The molecule has 0 aliphatic carbocycles. The van der Waals surface area contributed by atoms with Crippen molar-refractivity contribution in [1.82, 2.24) is 9.66 Å². The minimum absolute atomic E-state index is 0.220. The van der Waals surface area contributed by atoms with Crippen molar-refractivity contribution < 1.29 is 9.47 Å². The molecule has 6 nitrogen and oxygen atoms in total. The fourth-order valence-corrected chi connectivity index (χ4v) is 4.47. The third kappa shape index (κ3) is 5.86. The average molecular weight is 610 g/mol. The molecule has 3 aromatic carbocycles. The smallest absolute Gasteiger partial charge is 0.282 e. The van der Waals surface area contributed by atoms with Crippen LogP contribution < -0.4 is 15.0 Å². The van der Waals surface area contributed by atoms with E-state index in [1.165, 1.54) is 4.68 Å². The van der Waals surface area contributed by atoms with Gasteiger partial charge in [0, 0.05) is 10.9 Å². The molecule has 10 heteroatoms. The highest BCUT2D eigenvalue weighted by atomic mass is 79.9. The van der Waals surface area contributed by atoms with E-state index >= 15 is 0 Å². The number of ether oxygens (including phenoxy) is 2. The number of rotatable bonds is 8. The Bertz CT molecular complexity index is 1520. The van der Waals surface area contributed by atoms with E-state index in [-0.39, 0.29) is 12.2 Å². The molecule has 0 aliphatic rings. The van der Waals surface area contributed by atoms with Gasteiger partial charge in [-0.3, -0.25) is 4.79 Å². The maximum atomic E-state index is 13.1. The van der Waals surface area contributed by atoms with Crippen molar-refractivity contribution >= 4 is 67.9 Å². The van der Waals surface area contributed by atoms with E-state index in [0.717, 1.165) is 10.0 Å². The average Bonchev–Trinajstić information content (AvgIpc) is 2.85. The van der Waals surface area contributed by atoms with Gasteiger partial charge >= 0.3 is 0 Å². The molecule has 0 unspecified atom stereocenters. The van der Waals surface area contributed by atoms with Crippen molar-refractivity contribution in [3.05, 3.63) is 95.4 Å². The van der Waals surface area contributed by atoms with Crippen LogP contribution in [0.1, 0.15) is 30.8 Å². The molecule has 0 saturated heterocycles. The second-order valence-corrected chi connectivity index (χ2v) is 9.84. The number of halogens is 4. The van der Waals surface area contributed by atoms with E-state index in [4.69, 9.17) is 44.3 Å². The fraction of sp³-hybridized carbons (Fsp3) is 0.192. The number of benzene rings is 3. The molecule has 0 N–H and O–H groups in total. The van der Waals surface area contributed by atoms with E-state index < -0.39 is 0 Å². The Morgan fingerprint density at radius 2 is 1.81 bits per heavy atom. The number of hydrogen-bond donors (Lipinski definition) is 0. The first-order valence-electron chi connectivity index (χ1n) is 11.1. The van der Waals surface area contributed by atoms with Crippen molar-refractivity contribution in [1.29, 1.82) is 0 Å². The molecule has 0 saturated carbocycles. The predicted octanol–water partition coefficient (Wildman–Crippen LogP) is 7.54. The van der Waals surface area contributed by atoms with E-state index in [1.807, 2.05) is 26.0 Å². The summed E-state index contributed by atoms with van der Waals surface area (Å²) in [6, 6.07) is 14.1. The van der Waals surface area contributed by atoms with Crippen molar-refractivity contribution in [2.75, 3.05) is 6.61 Å². The SMILES string of the molecule is CCOc1cc(C=Nn2c(CC)nc3ccc(Br)cc3c2=O)cc(Cl)c1OCc1ccc(Cl)c(Cl)c1. The lowest BCUT2D eigenvalue weighted by atomic mass is 10.2. The molecule has 1 heterocycles. The number of fused-ring (bicyclic) bond motifs is 1. The van der Waals surface area contributed by atoms with Gasteiger partial charge in [0.2, 0.25) is 0 Å². The molecular weight excluding hydrogens is 589 g/mol. The summed E-state index contributed by atoms with van der Waals surface area (Å²) in [5.74, 6) is 1.39. The van der Waals surface area contributed by atoms with Crippen LogP contribution in [0, 0.1) is 0 Å². The first-order valence-corrected chi connectivity index (χ1v) is 13.0. The number of aromatic nitrogens is 2. The van der Waals surface area contributed by atoms with Gasteiger partial charge in [-0.05, 0) is 60.5 Å². The summed E-state index contributed by atoms with van der Waals surface area (Å²) < 4.78 is 13.8. The van der Waals surface area contributed by atoms with Gasteiger partial charge in [0.25, 0.3) is 5.56 Å². The van der Waals surface area contributed by atoms with Crippen LogP contribution in [-0.2, 0) is 13.0 Å². The molecule has 186 valence electrons. The lowest BCUT2D eigenvalue weighted by Crippen LogP contribution is -2.22. The maximum absolute atomic E-state index is 13.1. The highest BCUT2D eigenvalue weighted by Gasteiger charge is 2.14. The van der Waals surface area contributed by atoms with Gasteiger partial charge in [0.15, 0.2) is 11.5 Å². The molecule has 0 atom stereocenters. The monoisotopic (exact) mass is 607 g/mol. The third-order valence-electron chi connectivity index (χ3n) is 5.21. The normalized spacial score (nSPS) is 11.4. The molecule has 0 amide bonds. The maximum Gasteiger partial charge on any atom is 0.282 e. The molecule has 36 heavy (non-hydrogen) atoms. The van der Waals surface area contributed by atoms with Crippen molar-refractivity contribution in [2.45, 2.75) is 26.9 Å². The van der Waals surface area contributed by atoms with Gasteiger partial charge in [0.05, 0.1) is 38.8 Å². The Labute approximate surface area is 231 Å². The third-order valence-corrected chi connectivity index (χ3v) is 6.73. The Morgan fingerprint density at radius 3 is 2.53 bits per heavy atom. The van der Waals surface area contributed by atoms with Gasteiger partial charge in [-0.2, -0.15) is 9.78 Å². The molecule has 1 aromatic heterocycles. The summed E-state index contributed by atoms with van der Waals surface area (Å²) in [7, 11) is 0. The summed E-state index contributed by atoms with van der Waals surface area (Å²) in [5.41, 5.74) is 1.83. The van der Waals surface area contributed by atoms with Crippen LogP contribution in [0.15, 0.2) is 62.9 Å². The molecule has 4 rings (SSSR count). The zero-order valence-electron chi connectivity index (χ0n) is 19.4. The molecule has 0 radical (unpaired) electrons. The zero-order chi connectivity index (χ0) is 25.8. The van der Waals surface area contributed by atoms with Gasteiger partial charge in [-0.15, -0.1) is 0 Å². The molecule has 0 fully saturated rings. The van der Waals surface area contributed by atoms with Crippen LogP contribution in [0.5, 0.6) is 11.5 Å². The lowest BCUT2D eigenvalue weighted by Gasteiger charge is -2.15. The zero-order valence-corrected chi connectivity index (χ0v) is 23.2. The number of nitrogens with zero attached hydrogens (tertiary/aromatic N) is 3. The van der Waals surface area contributed by atoms with Crippen LogP contribution in [0.2, 0.25) is 15.1 Å². The second-order valence-electron chi connectivity index (χ2n) is 7.70. The predicted molar refractivity (Wildman–Crippen MR) is 149 cm³/mol. The Morgan fingerprint density at radius 1 is 1.00 bits per heavy atom. The van der Waals surface area contributed by atoms with Crippen LogP contribution in [0.3, 0.4) is 0 Å². The molecule has 0 spiro atoms. The van der Waals surface area contributed by atoms with Crippen LogP contribution in [0.4, 0.5) is 0 Å². The quantitative estimate of drug-likeness (QED) is 0.194. The topological polar surface area (TPSA) is 65.7 Å². The van der Waals surface area contributed by atoms with Crippen molar-refractivity contribution in [2.24, 2.45) is 5.10 Å². The standard InChI is InChI=1S/C26H21BrCl3N3O3/c1-3-24-32-22-8-6-17(27)12-18(22)26(34)33(24)31-13-16-10-21(30)25(23(11-16)35-4-2)36-14-15-5-7-19(28)20(29)9-15/h5-13H,3-4,14H2,1-2H3. The van der Waals surface area contributed by atoms with Gasteiger partial charge in [0.1, 0.15) is 12.4 Å². The van der Waals surface area contributed by atoms with E-state index in [0.29, 0.717) is 61.9 Å². The summed E-state index contributed by atoms with van der Waals surface area (Å²) in [4.78, 5) is 17.7. The summed E-state index contributed by atoms with van der Waals surface area (Å²) in [6.45, 7) is 4.41. The molecule has 0 aliphatic heterocycles. The van der Waals surface area contributed by atoms with E-state index in [2.05, 4.69) is 26.0 Å². The van der Waals surface area contributed by atoms with Crippen molar-refractivity contribution in [3.8, 4) is 11.5 Å². The van der Waals surface area contributed by atoms with E-state index in [1.54, 1.807) is 42.6 Å². The van der Waals surface area contributed by atoms with Crippen LogP contribution >= 0.6 is 50.7 Å². The Hall–Kier alpha value is -2.58. The fourth-order valence-electron chi connectivity index (χ4n) is 3.52. The number of hydrogen-bond acceptors (Lipinski definition) is 5. The first-order chi connectivity index (χ1) is 17.3. The minimum atomic E-state index is -0.257. The van der Waals surface area contributed by atoms with Crippen LogP contribution in [0.25, 0.3) is 10.9 Å². The van der Waals surface area contributed by atoms with E-state index in [9.17, 15) is 4.79 Å². The summed E-state index contributed by atoms with van der Waals surface area (Å²) in [5, 5.41) is 6.15. The first kappa shape index (κ1) is 26.5. The molecule has 0 bridgehead atoms. The second kappa shape index (κ2) is 11.6. The van der Waals surface area contributed by atoms with Crippen molar-refractivity contribution in [3.63, 3.8) is 0 Å². The molecular formula is C26H21BrCl3N3O3. The van der Waals surface area contributed by atoms with Gasteiger partial charge in [-0.1, -0.05) is 63.7 Å². The lowest BCUT2D eigenvalue weighted by molar-refractivity contribution is 0.269. The van der Waals surface area contributed by atoms with Gasteiger partial charge in [-0.25, -0.2) is 4.98 Å². The van der Waals surface area contributed by atoms with Gasteiger partial charge < -0.3 is 9.47 Å². The Kier molecular flexibility index (Phi) is 8.57. The highest BCUT2D eigenvalue weighted by molar-refractivity contribution is 9.10. The molecule has 4 aromatic rings. The summed E-state index contributed by atoms with van der Waals surface area (Å²) >= 11 is 22.1. The number of aryl methyl sites for hydroxylation is 1.